The summed E-state index contributed by atoms with van der Waals surface area (Å²) < 4.78 is 0. The lowest BCUT2D eigenvalue weighted by Crippen LogP contribution is -3.11. The van der Waals surface area contributed by atoms with Crippen molar-refractivity contribution in [2.45, 2.75) is 13.5 Å². The van der Waals surface area contributed by atoms with Gasteiger partial charge in [0, 0.05) is 10.7 Å². The van der Waals surface area contributed by atoms with E-state index in [4.69, 9.17) is 11.6 Å². The van der Waals surface area contributed by atoms with E-state index in [2.05, 4.69) is 23.7 Å². The molecular formula is C15H18ClN2OS+. The predicted octanol–water partition coefficient (Wildman–Crippen LogP) is 2.45. The molecule has 0 radical (unpaired) electrons. The van der Waals surface area contributed by atoms with E-state index in [1.165, 1.54) is 9.78 Å². The van der Waals surface area contributed by atoms with Crippen molar-refractivity contribution in [3.05, 3.63) is 51.7 Å². The van der Waals surface area contributed by atoms with Crippen LogP contribution in [0, 0.1) is 0 Å². The fourth-order valence-corrected chi connectivity index (χ4v) is 2.94. The number of carbonyl (C=O) groups is 1. The van der Waals surface area contributed by atoms with Gasteiger partial charge in [0.1, 0.15) is 6.54 Å². The van der Waals surface area contributed by atoms with Gasteiger partial charge >= 0.3 is 0 Å². The van der Waals surface area contributed by atoms with Gasteiger partial charge in [0.05, 0.1) is 11.4 Å². The highest BCUT2D eigenvalue weighted by atomic mass is 35.5. The van der Waals surface area contributed by atoms with Crippen molar-refractivity contribution in [3.63, 3.8) is 0 Å². The number of benzene rings is 1. The SMILES string of the molecule is CC[NH+](CC(=O)Nc1cccc(Cl)c1)Cc1cccs1. The summed E-state index contributed by atoms with van der Waals surface area (Å²) in [5.41, 5.74) is 0.745. The van der Waals surface area contributed by atoms with Crippen molar-refractivity contribution in [1.82, 2.24) is 0 Å². The molecule has 0 aliphatic carbocycles. The van der Waals surface area contributed by atoms with Crippen LogP contribution in [0.15, 0.2) is 41.8 Å². The summed E-state index contributed by atoms with van der Waals surface area (Å²) in [4.78, 5) is 14.6. The number of hydrogen-bond acceptors (Lipinski definition) is 2. The van der Waals surface area contributed by atoms with E-state index in [9.17, 15) is 4.79 Å². The molecule has 0 spiro atoms. The number of amides is 1. The molecule has 1 aromatic heterocycles. The number of thiophene rings is 1. The minimum absolute atomic E-state index is 0.0145. The third-order valence-electron chi connectivity index (χ3n) is 3.02. The van der Waals surface area contributed by atoms with Crippen molar-refractivity contribution < 1.29 is 9.69 Å². The van der Waals surface area contributed by atoms with Crippen molar-refractivity contribution >= 4 is 34.5 Å². The van der Waals surface area contributed by atoms with Crippen LogP contribution in [0.5, 0.6) is 0 Å². The van der Waals surface area contributed by atoms with Crippen LogP contribution in [0.25, 0.3) is 0 Å². The number of hydrogen-bond donors (Lipinski definition) is 2. The topological polar surface area (TPSA) is 33.5 Å². The number of quaternary nitrogens is 1. The van der Waals surface area contributed by atoms with E-state index in [0.717, 1.165) is 18.8 Å². The van der Waals surface area contributed by atoms with Gasteiger partial charge in [0.25, 0.3) is 5.91 Å². The lowest BCUT2D eigenvalue weighted by molar-refractivity contribution is -0.903. The van der Waals surface area contributed by atoms with Gasteiger partial charge in [-0.3, -0.25) is 4.79 Å². The second-order valence-electron chi connectivity index (χ2n) is 4.59. The van der Waals surface area contributed by atoms with Gasteiger partial charge in [-0.05, 0) is 36.6 Å². The molecule has 1 amide bonds. The zero-order valence-corrected chi connectivity index (χ0v) is 12.9. The maximum atomic E-state index is 12.0. The Labute approximate surface area is 128 Å². The molecule has 0 saturated heterocycles. The van der Waals surface area contributed by atoms with Crippen LogP contribution in [0.1, 0.15) is 11.8 Å². The van der Waals surface area contributed by atoms with Gasteiger partial charge in [-0.1, -0.05) is 23.7 Å². The highest BCUT2D eigenvalue weighted by Gasteiger charge is 2.13. The molecular weight excluding hydrogens is 292 g/mol. The number of nitrogens with one attached hydrogen (secondary N) is 2. The van der Waals surface area contributed by atoms with Gasteiger partial charge in [0.2, 0.25) is 0 Å². The van der Waals surface area contributed by atoms with E-state index in [0.29, 0.717) is 11.6 Å². The number of rotatable bonds is 6. The van der Waals surface area contributed by atoms with Crippen LogP contribution in [0.3, 0.4) is 0 Å². The molecule has 1 heterocycles. The molecule has 2 aromatic rings. The standard InChI is InChI=1S/C15H17ClN2OS/c1-2-18(10-14-7-4-8-20-14)11-15(19)17-13-6-3-5-12(16)9-13/h3-9H,2,10-11H2,1H3,(H,17,19)/p+1. The molecule has 1 aromatic carbocycles. The first-order valence-electron chi connectivity index (χ1n) is 6.58. The molecule has 106 valence electrons. The summed E-state index contributed by atoms with van der Waals surface area (Å²) >= 11 is 7.63. The highest BCUT2D eigenvalue weighted by molar-refractivity contribution is 7.09. The van der Waals surface area contributed by atoms with E-state index < -0.39 is 0 Å². The molecule has 0 bridgehead atoms. The summed E-state index contributed by atoms with van der Waals surface area (Å²) in [5.74, 6) is 0.0145. The first-order chi connectivity index (χ1) is 9.67. The summed E-state index contributed by atoms with van der Waals surface area (Å²) in [5, 5.41) is 5.58. The number of halogens is 1. The van der Waals surface area contributed by atoms with Crippen molar-refractivity contribution in [3.8, 4) is 0 Å². The Kier molecular flexibility index (Phi) is 5.59. The molecule has 0 fully saturated rings. The van der Waals surface area contributed by atoms with Crippen LogP contribution in [-0.2, 0) is 11.3 Å². The smallest absolute Gasteiger partial charge is 0.279 e. The van der Waals surface area contributed by atoms with Crippen LogP contribution in [0.2, 0.25) is 5.02 Å². The van der Waals surface area contributed by atoms with Gasteiger partial charge < -0.3 is 10.2 Å². The highest BCUT2D eigenvalue weighted by Crippen LogP contribution is 2.14. The van der Waals surface area contributed by atoms with Crippen LogP contribution in [-0.4, -0.2) is 19.0 Å². The first-order valence-corrected chi connectivity index (χ1v) is 7.84. The third kappa shape index (κ3) is 4.63. The van der Waals surface area contributed by atoms with Gasteiger partial charge in [0.15, 0.2) is 6.54 Å². The second-order valence-corrected chi connectivity index (χ2v) is 6.06. The average molecular weight is 310 g/mol. The Bertz CT molecular complexity index is 557. The fraction of sp³-hybridized carbons (Fsp3) is 0.267. The molecule has 0 saturated carbocycles. The Morgan fingerprint density at radius 2 is 2.20 bits per heavy atom. The zero-order chi connectivity index (χ0) is 14.4. The molecule has 0 aliphatic heterocycles. The quantitative estimate of drug-likeness (QED) is 0.844. The Morgan fingerprint density at radius 3 is 2.85 bits per heavy atom. The van der Waals surface area contributed by atoms with E-state index in [1.807, 2.05) is 18.2 Å². The lowest BCUT2D eigenvalue weighted by atomic mass is 10.3. The molecule has 3 nitrogen and oxygen atoms in total. The number of likely N-dealkylation sites (N-methyl/N-ethyl adjacent to an activating group) is 1. The largest absolute Gasteiger partial charge is 0.323 e. The number of carbonyl (C=O) groups excluding carboxylic acids is 1. The second kappa shape index (κ2) is 7.43. The minimum Gasteiger partial charge on any atom is -0.323 e. The molecule has 20 heavy (non-hydrogen) atoms. The minimum atomic E-state index is 0.0145. The zero-order valence-electron chi connectivity index (χ0n) is 11.4. The Balaban J connectivity index is 1.89. The maximum Gasteiger partial charge on any atom is 0.279 e. The monoisotopic (exact) mass is 309 g/mol. The van der Waals surface area contributed by atoms with E-state index in [-0.39, 0.29) is 5.91 Å². The summed E-state index contributed by atoms with van der Waals surface area (Å²) in [6, 6.07) is 11.4. The number of anilines is 1. The van der Waals surface area contributed by atoms with Crippen LogP contribution >= 0.6 is 22.9 Å². The summed E-state index contributed by atoms with van der Waals surface area (Å²) in [7, 11) is 0. The van der Waals surface area contributed by atoms with Crippen LogP contribution in [0.4, 0.5) is 5.69 Å². The molecule has 0 aliphatic rings. The van der Waals surface area contributed by atoms with E-state index in [1.54, 1.807) is 23.5 Å². The summed E-state index contributed by atoms with van der Waals surface area (Å²) in [6.45, 7) is 4.36. The van der Waals surface area contributed by atoms with E-state index >= 15 is 0 Å². The molecule has 2 rings (SSSR count). The van der Waals surface area contributed by atoms with Crippen molar-refractivity contribution in [2.75, 3.05) is 18.4 Å². The van der Waals surface area contributed by atoms with Crippen LogP contribution < -0.4 is 10.2 Å². The lowest BCUT2D eigenvalue weighted by Gasteiger charge is -2.16. The van der Waals surface area contributed by atoms with Gasteiger partial charge in [-0.25, -0.2) is 0 Å². The molecule has 2 N–H and O–H groups in total. The molecule has 5 heteroatoms. The maximum absolute atomic E-state index is 12.0. The Morgan fingerprint density at radius 1 is 1.35 bits per heavy atom. The Hall–Kier alpha value is -1.36. The molecule has 1 atom stereocenters. The van der Waals surface area contributed by atoms with Gasteiger partial charge in [-0.2, -0.15) is 0 Å². The first kappa shape index (κ1) is 15.0. The fourth-order valence-electron chi connectivity index (χ4n) is 1.97. The summed E-state index contributed by atoms with van der Waals surface area (Å²) in [6.07, 6.45) is 0. The average Bonchev–Trinajstić information content (AvgIpc) is 2.90. The van der Waals surface area contributed by atoms with Gasteiger partial charge in [-0.15, -0.1) is 11.3 Å². The normalized spacial score (nSPS) is 12.1. The van der Waals surface area contributed by atoms with Crippen molar-refractivity contribution in [1.29, 1.82) is 0 Å². The third-order valence-corrected chi connectivity index (χ3v) is 4.13. The molecule has 1 unspecified atom stereocenters. The van der Waals surface area contributed by atoms with Crippen molar-refractivity contribution in [2.24, 2.45) is 0 Å². The predicted molar refractivity (Wildman–Crippen MR) is 84.5 cm³/mol.